The lowest BCUT2D eigenvalue weighted by Gasteiger charge is -2.14. The first-order chi connectivity index (χ1) is 12.3. The summed E-state index contributed by atoms with van der Waals surface area (Å²) in [6.07, 6.45) is 7.53. The van der Waals surface area contributed by atoms with Gasteiger partial charge < -0.3 is 10.3 Å². The van der Waals surface area contributed by atoms with Crippen LogP contribution in [-0.2, 0) is 11.2 Å². The zero-order valence-electron chi connectivity index (χ0n) is 14.1. The molecule has 0 unspecified atom stereocenters. The van der Waals surface area contributed by atoms with Crippen LogP contribution in [0, 0.1) is 0 Å². The normalized spacial score (nSPS) is 14.9. The maximum Gasteiger partial charge on any atom is 0.228 e. The predicted octanol–water partition coefficient (Wildman–Crippen LogP) is 5.38. The largest absolute Gasteiger partial charge is 0.361 e. The van der Waals surface area contributed by atoms with Gasteiger partial charge in [0.2, 0.25) is 5.91 Å². The summed E-state index contributed by atoms with van der Waals surface area (Å²) >= 11 is 1.91. The molecule has 0 radical (unpaired) electrons. The molecular weight excluding hydrogens is 328 g/mol. The van der Waals surface area contributed by atoms with Crippen LogP contribution >= 0.6 is 11.8 Å². The maximum atomic E-state index is 12.6. The third kappa shape index (κ3) is 3.74. The first-order valence-corrected chi connectivity index (χ1v) is 9.78. The molecule has 2 aromatic carbocycles. The summed E-state index contributed by atoms with van der Waals surface area (Å²) in [5.41, 5.74) is 3.04. The van der Waals surface area contributed by atoms with Gasteiger partial charge in [-0.3, -0.25) is 4.79 Å². The third-order valence-electron chi connectivity index (χ3n) is 4.78. The molecule has 0 atom stereocenters. The third-order valence-corrected chi connectivity index (χ3v) is 6.20. The molecule has 0 aliphatic heterocycles. The minimum Gasteiger partial charge on any atom is -0.361 e. The highest BCUT2D eigenvalue weighted by Gasteiger charge is 2.18. The molecule has 3 aromatic rings. The van der Waals surface area contributed by atoms with E-state index in [0.717, 1.165) is 22.2 Å². The van der Waals surface area contributed by atoms with Crippen LogP contribution in [0.3, 0.4) is 0 Å². The van der Waals surface area contributed by atoms with Crippen molar-refractivity contribution in [1.29, 1.82) is 0 Å². The average molecular weight is 350 g/mol. The zero-order valence-corrected chi connectivity index (χ0v) is 14.9. The van der Waals surface area contributed by atoms with Crippen LogP contribution in [0.4, 0.5) is 5.69 Å². The van der Waals surface area contributed by atoms with Gasteiger partial charge in [0.15, 0.2) is 0 Å². The van der Waals surface area contributed by atoms with Gasteiger partial charge in [0.1, 0.15) is 0 Å². The Morgan fingerprint density at radius 1 is 1.08 bits per heavy atom. The molecule has 1 fully saturated rings. The summed E-state index contributed by atoms with van der Waals surface area (Å²) in [6.45, 7) is 0. The lowest BCUT2D eigenvalue weighted by molar-refractivity contribution is -0.115. The number of fused-ring (bicyclic) bond motifs is 1. The molecule has 1 amide bonds. The molecule has 4 heteroatoms. The molecule has 1 aliphatic carbocycles. The molecule has 2 N–H and O–H groups in total. The topological polar surface area (TPSA) is 44.9 Å². The Balaban J connectivity index is 1.47. The quantitative estimate of drug-likeness (QED) is 0.648. The van der Waals surface area contributed by atoms with Crippen LogP contribution in [0.25, 0.3) is 10.9 Å². The van der Waals surface area contributed by atoms with Gasteiger partial charge in [0.05, 0.1) is 12.1 Å². The molecule has 1 heterocycles. The summed E-state index contributed by atoms with van der Waals surface area (Å²) in [7, 11) is 0. The van der Waals surface area contributed by atoms with Gasteiger partial charge in [0, 0.05) is 27.2 Å². The van der Waals surface area contributed by atoms with Crippen LogP contribution in [-0.4, -0.2) is 16.1 Å². The van der Waals surface area contributed by atoms with Crippen LogP contribution < -0.4 is 5.32 Å². The van der Waals surface area contributed by atoms with Gasteiger partial charge in [0.25, 0.3) is 0 Å². The Bertz CT molecular complexity index is 880. The second-order valence-electron chi connectivity index (χ2n) is 6.60. The Kier molecular flexibility index (Phi) is 4.79. The van der Waals surface area contributed by atoms with Crippen molar-refractivity contribution in [3.8, 4) is 0 Å². The number of anilines is 1. The molecule has 0 spiro atoms. The number of aromatic nitrogens is 1. The minimum atomic E-state index is 0.0317. The van der Waals surface area contributed by atoms with Gasteiger partial charge in [-0.25, -0.2) is 0 Å². The Morgan fingerprint density at radius 2 is 1.84 bits per heavy atom. The number of amides is 1. The van der Waals surface area contributed by atoms with Crippen molar-refractivity contribution in [3.63, 3.8) is 0 Å². The second kappa shape index (κ2) is 7.36. The van der Waals surface area contributed by atoms with E-state index in [1.807, 2.05) is 54.4 Å². The molecule has 4 rings (SSSR count). The van der Waals surface area contributed by atoms with Gasteiger partial charge >= 0.3 is 0 Å². The van der Waals surface area contributed by atoms with Crippen molar-refractivity contribution >= 4 is 34.3 Å². The molecule has 0 bridgehead atoms. The van der Waals surface area contributed by atoms with Crippen molar-refractivity contribution in [3.05, 3.63) is 60.3 Å². The lowest BCUT2D eigenvalue weighted by Crippen LogP contribution is -2.15. The standard InChI is InChI=1S/C21H22N2OS/c24-21(13-15-14-22-18-10-4-3-9-17(15)18)23-19-11-5-6-12-20(19)25-16-7-1-2-8-16/h3-6,9-12,14,16,22H,1-2,7-8,13H2,(H,23,24). The van der Waals surface area contributed by atoms with E-state index in [9.17, 15) is 4.79 Å². The van der Waals surface area contributed by atoms with Crippen molar-refractivity contribution in [1.82, 2.24) is 4.98 Å². The van der Waals surface area contributed by atoms with E-state index in [0.29, 0.717) is 11.7 Å². The molecule has 3 nitrogen and oxygen atoms in total. The number of carbonyl (C=O) groups excluding carboxylic acids is 1. The average Bonchev–Trinajstić information content (AvgIpc) is 3.27. The molecule has 1 aromatic heterocycles. The van der Waals surface area contributed by atoms with Crippen molar-refractivity contribution in [2.24, 2.45) is 0 Å². The van der Waals surface area contributed by atoms with E-state index in [-0.39, 0.29) is 5.91 Å². The summed E-state index contributed by atoms with van der Waals surface area (Å²) in [4.78, 5) is 17.0. The van der Waals surface area contributed by atoms with Crippen molar-refractivity contribution in [2.75, 3.05) is 5.32 Å². The number of benzene rings is 2. The first-order valence-electron chi connectivity index (χ1n) is 8.90. The number of rotatable bonds is 5. The molecule has 1 aliphatic rings. The van der Waals surface area contributed by atoms with Crippen molar-refractivity contribution < 1.29 is 4.79 Å². The fourth-order valence-corrected chi connectivity index (χ4v) is 4.84. The van der Waals surface area contributed by atoms with Crippen LogP contribution in [0.1, 0.15) is 31.2 Å². The Labute approximate surface area is 152 Å². The highest BCUT2D eigenvalue weighted by atomic mass is 32.2. The number of nitrogens with one attached hydrogen (secondary N) is 2. The van der Waals surface area contributed by atoms with E-state index in [1.165, 1.54) is 30.6 Å². The molecule has 1 saturated carbocycles. The number of hydrogen-bond donors (Lipinski definition) is 2. The number of carbonyl (C=O) groups is 1. The van der Waals surface area contributed by atoms with Crippen LogP contribution in [0.2, 0.25) is 0 Å². The van der Waals surface area contributed by atoms with E-state index in [4.69, 9.17) is 0 Å². The monoisotopic (exact) mass is 350 g/mol. The fourth-order valence-electron chi connectivity index (χ4n) is 3.50. The fraction of sp³-hybridized carbons (Fsp3) is 0.286. The molecule has 0 saturated heterocycles. The van der Waals surface area contributed by atoms with Gasteiger partial charge in [-0.2, -0.15) is 0 Å². The lowest BCUT2D eigenvalue weighted by atomic mass is 10.1. The molecule has 25 heavy (non-hydrogen) atoms. The maximum absolute atomic E-state index is 12.6. The highest BCUT2D eigenvalue weighted by molar-refractivity contribution is 8.00. The molecular formula is C21H22N2OS. The number of para-hydroxylation sites is 2. The summed E-state index contributed by atoms with van der Waals surface area (Å²) < 4.78 is 0. The molecule has 128 valence electrons. The summed E-state index contributed by atoms with van der Waals surface area (Å²) in [5.74, 6) is 0.0317. The SMILES string of the molecule is O=C(Cc1c[nH]c2ccccc12)Nc1ccccc1SC1CCCC1. The number of thioether (sulfide) groups is 1. The Morgan fingerprint density at radius 3 is 2.72 bits per heavy atom. The van der Waals surface area contributed by atoms with E-state index < -0.39 is 0 Å². The second-order valence-corrected chi connectivity index (χ2v) is 7.95. The van der Waals surface area contributed by atoms with Crippen LogP contribution in [0.5, 0.6) is 0 Å². The van der Waals surface area contributed by atoms with E-state index >= 15 is 0 Å². The smallest absolute Gasteiger partial charge is 0.228 e. The highest BCUT2D eigenvalue weighted by Crippen LogP contribution is 2.38. The van der Waals surface area contributed by atoms with E-state index in [1.54, 1.807) is 0 Å². The van der Waals surface area contributed by atoms with E-state index in [2.05, 4.69) is 22.4 Å². The first kappa shape index (κ1) is 16.3. The van der Waals surface area contributed by atoms with Gasteiger partial charge in [-0.05, 0) is 36.6 Å². The zero-order chi connectivity index (χ0) is 17.1. The predicted molar refractivity (Wildman–Crippen MR) is 105 cm³/mol. The van der Waals surface area contributed by atoms with Gasteiger partial charge in [-0.15, -0.1) is 11.8 Å². The number of aromatic amines is 1. The summed E-state index contributed by atoms with van der Waals surface area (Å²) in [6, 6.07) is 16.2. The minimum absolute atomic E-state index is 0.0317. The number of H-pyrrole nitrogens is 1. The number of hydrogen-bond acceptors (Lipinski definition) is 2. The Hall–Kier alpha value is -2.20. The van der Waals surface area contributed by atoms with Crippen LogP contribution in [0.15, 0.2) is 59.6 Å². The summed E-state index contributed by atoms with van der Waals surface area (Å²) in [5, 5.41) is 4.92. The van der Waals surface area contributed by atoms with Crippen molar-refractivity contribution in [2.45, 2.75) is 42.2 Å². The van der Waals surface area contributed by atoms with Gasteiger partial charge in [-0.1, -0.05) is 43.2 Å².